The van der Waals surface area contributed by atoms with Crippen molar-refractivity contribution in [1.29, 1.82) is 0 Å². The van der Waals surface area contributed by atoms with Crippen molar-refractivity contribution in [3.63, 3.8) is 0 Å². The molecule has 1 aliphatic rings. The molecule has 3 rings (SSSR count). The molecule has 0 unspecified atom stereocenters. The highest BCUT2D eigenvalue weighted by Gasteiger charge is 2.40. The fraction of sp³-hybridized carbons (Fsp3) is 0.167. The quantitative estimate of drug-likeness (QED) is 0.445. The molecule has 1 heterocycles. The van der Waals surface area contributed by atoms with Crippen LogP contribution in [0.1, 0.15) is 32.7 Å². The predicted octanol–water partition coefficient (Wildman–Crippen LogP) is 2.44. The number of carbonyl (C=O) groups excluding carboxylic acids is 3. The molecule has 0 spiro atoms. The molecule has 0 saturated heterocycles. The first-order valence-electron chi connectivity index (χ1n) is 8.39. The molecule has 3 amide bonds. The summed E-state index contributed by atoms with van der Waals surface area (Å²) in [5, 5.41) is 24.5. The van der Waals surface area contributed by atoms with Crippen LogP contribution < -0.4 is 5.32 Å². The van der Waals surface area contributed by atoms with Crippen LogP contribution in [0.15, 0.2) is 36.4 Å². The zero-order valence-corrected chi connectivity index (χ0v) is 15.1. The first-order valence-corrected chi connectivity index (χ1v) is 8.39. The van der Waals surface area contributed by atoms with E-state index in [0.717, 1.165) is 11.0 Å². The van der Waals surface area contributed by atoms with Crippen molar-refractivity contribution in [3.8, 4) is 0 Å². The molecule has 0 aromatic heterocycles. The van der Waals surface area contributed by atoms with Crippen LogP contribution in [-0.4, -0.2) is 39.0 Å². The molecule has 0 atom stereocenters. The van der Waals surface area contributed by atoms with E-state index in [9.17, 15) is 34.6 Å². The molecule has 0 bridgehead atoms. The Hall–Kier alpha value is -4.15. The molecule has 1 N–H and O–H groups in total. The van der Waals surface area contributed by atoms with Crippen molar-refractivity contribution in [2.75, 3.05) is 11.9 Å². The van der Waals surface area contributed by atoms with E-state index in [1.54, 1.807) is 6.92 Å². The summed E-state index contributed by atoms with van der Waals surface area (Å²) in [5.74, 6) is -2.13. The Kier molecular flexibility index (Phi) is 5.05. The van der Waals surface area contributed by atoms with Crippen molar-refractivity contribution in [3.05, 3.63) is 73.3 Å². The van der Waals surface area contributed by atoms with Crippen molar-refractivity contribution in [1.82, 2.24) is 4.90 Å². The fourth-order valence-corrected chi connectivity index (χ4v) is 2.99. The van der Waals surface area contributed by atoms with Gasteiger partial charge in [-0.3, -0.25) is 39.5 Å². The second kappa shape index (κ2) is 7.46. The molecule has 11 heteroatoms. The van der Waals surface area contributed by atoms with Crippen LogP contribution in [0.3, 0.4) is 0 Å². The number of hydrogen-bond acceptors (Lipinski definition) is 7. The molecule has 0 saturated carbocycles. The Morgan fingerprint density at radius 1 is 1.03 bits per heavy atom. The van der Waals surface area contributed by atoms with Crippen LogP contribution in [0.2, 0.25) is 0 Å². The first kappa shape index (κ1) is 19.6. The highest BCUT2D eigenvalue weighted by Crippen LogP contribution is 2.30. The van der Waals surface area contributed by atoms with E-state index in [0.29, 0.717) is 5.56 Å². The Bertz CT molecular complexity index is 1080. The van der Waals surface area contributed by atoms with E-state index in [1.807, 2.05) is 0 Å². The molecule has 1 aliphatic heterocycles. The summed E-state index contributed by atoms with van der Waals surface area (Å²) in [5.41, 5.74) is -0.378. The van der Waals surface area contributed by atoms with Gasteiger partial charge < -0.3 is 5.32 Å². The minimum absolute atomic E-state index is 0.0845. The number of fused-ring (bicyclic) bond motifs is 1. The van der Waals surface area contributed by atoms with Gasteiger partial charge >= 0.3 is 0 Å². The lowest BCUT2D eigenvalue weighted by molar-refractivity contribution is -0.385. The van der Waals surface area contributed by atoms with Crippen LogP contribution >= 0.6 is 0 Å². The maximum atomic E-state index is 12.5. The predicted molar refractivity (Wildman–Crippen MR) is 99.5 cm³/mol. The molecule has 0 fully saturated rings. The number of aryl methyl sites for hydroxylation is 1. The van der Waals surface area contributed by atoms with Crippen LogP contribution in [0.4, 0.5) is 17.1 Å². The summed E-state index contributed by atoms with van der Waals surface area (Å²) in [6, 6.07) is 7.93. The number of nitro benzene ring substituents is 2. The summed E-state index contributed by atoms with van der Waals surface area (Å²) in [7, 11) is 0. The van der Waals surface area contributed by atoms with E-state index in [1.165, 1.54) is 30.3 Å². The molecule has 11 nitrogen and oxygen atoms in total. The largest absolute Gasteiger partial charge is 0.326 e. The minimum Gasteiger partial charge on any atom is -0.326 e. The van der Waals surface area contributed by atoms with Gasteiger partial charge in [0.15, 0.2) is 0 Å². The number of imide groups is 1. The van der Waals surface area contributed by atoms with Gasteiger partial charge in [-0.25, -0.2) is 0 Å². The number of nitrogens with zero attached hydrogens (tertiary/aromatic N) is 3. The average Bonchev–Trinajstić information content (AvgIpc) is 2.92. The lowest BCUT2D eigenvalue weighted by atomic mass is 10.1. The van der Waals surface area contributed by atoms with Crippen LogP contribution in [0, 0.1) is 27.2 Å². The molecular weight excluding hydrogens is 384 g/mol. The Morgan fingerprint density at radius 3 is 2.38 bits per heavy atom. The number of anilines is 1. The zero-order valence-electron chi connectivity index (χ0n) is 15.1. The van der Waals surface area contributed by atoms with Crippen LogP contribution in [0.25, 0.3) is 0 Å². The van der Waals surface area contributed by atoms with Crippen molar-refractivity contribution in [2.24, 2.45) is 0 Å². The third-order valence-electron chi connectivity index (χ3n) is 4.43. The summed E-state index contributed by atoms with van der Waals surface area (Å²) < 4.78 is 0. The number of amides is 3. The molecule has 148 valence electrons. The monoisotopic (exact) mass is 398 g/mol. The number of benzene rings is 2. The fourth-order valence-electron chi connectivity index (χ4n) is 2.99. The highest BCUT2D eigenvalue weighted by atomic mass is 16.6. The molecule has 0 aliphatic carbocycles. The van der Waals surface area contributed by atoms with Gasteiger partial charge in [0.25, 0.3) is 23.2 Å². The third-order valence-corrected chi connectivity index (χ3v) is 4.43. The number of hydrogen-bond donors (Lipinski definition) is 1. The molecule has 0 radical (unpaired) electrons. The number of carbonyl (C=O) groups is 3. The normalized spacial score (nSPS) is 12.7. The van der Waals surface area contributed by atoms with Gasteiger partial charge in [0.05, 0.1) is 15.4 Å². The van der Waals surface area contributed by atoms with Gasteiger partial charge in [-0.05, 0) is 19.1 Å². The number of nitrogens with one attached hydrogen (secondary N) is 1. The van der Waals surface area contributed by atoms with E-state index in [4.69, 9.17) is 0 Å². The standard InChI is InChI=1S/C18H14N4O7/c1-10-5-6-11(9-14(10)22(28)29)19-15(23)7-8-20-17(24)12-3-2-4-13(21(26)27)16(12)18(20)25/h2-6,9H,7-8H2,1H3,(H,19,23). The molecular formula is C18H14N4O7. The summed E-state index contributed by atoms with van der Waals surface area (Å²) in [6.07, 6.45) is -0.277. The smallest absolute Gasteiger partial charge is 0.282 e. The van der Waals surface area contributed by atoms with Gasteiger partial charge in [-0.2, -0.15) is 0 Å². The summed E-state index contributed by atoms with van der Waals surface area (Å²) in [6.45, 7) is 1.27. The Morgan fingerprint density at radius 2 is 1.72 bits per heavy atom. The molecule has 29 heavy (non-hydrogen) atoms. The lowest BCUT2D eigenvalue weighted by Gasteiger charge is -2.13. The van der Waals surface area contributed by atoms with Gasteiger partial charge in [0.2, 0.25) is 5.91 Å². The Labute approximate surface area is 163 Å². The van der Waals surface area contributed by atoms with Crippen LogP contribution in [0.5, 0.6) is 0 Å². The van der Waals surface area contributed by atoms with E-state index < -0.39 is 33.3 Å². The number of rotatable bonds is 6. The maximum Gasteiger partial charge on any atom is 0.282 e. The van der Waals surface area contributed by atoms with Gasteiger partial charge in [0, 0.05) is 36.3 Å². The third kappa shape index (κ3) is 3.65. The van der Waals surface area contributed by atoms with E-state index >= 15 is 0 Å². The number of nitro groups is 2. The first-order chi connectivity index (χ1) is 13.7. The average molecular weight is 398 g/mol. The summed E-state index contributed by atoms with van der Waals surface area (Å²) in [4.78, 5) is 58.5. The molecule has 2 aromatic carbocycles. The topological polar surface area (TPSA) is 153 Å². The van der Waals surface area contributed by atoms with Crippen LogP contribution in [-0.2, 0) is 4.79 Å². The van der Waals surface area contributed by atoms with E-state index in [2.05, 4.69) is 5.32 Å². The van der Waals surface area contributed by atoms with Crippen molar-refractivity contribution < 1.29 is 24.2 Å². The summed E-state index contributed by atoms with van der Waals surface area (Å²) >= 11 is 0. The minimum atomic E-state index is -0.837. The second-order valence-electron chi connectivity index (χ2n) is 6.28. The lowest BCUT2D eigenvalue weighted by Crippen LogP contribution is -2.33. The Balaban J connectivity index is 1.70. The van der Waals surface area contributed by atoms with Gasteiger partial charge in [-0.1, -0.05) is 12.1 Å². The van der Waals surface area contributed by atoms with Gasteiger partial charge in [-0.15, -0.1) is 0 Å². The second-order valence-corrected chi connectivity index (χ2v) is 6.28. The highest BCUT2D eigenvalue weighted by molar-refractivity contribution is 6.23. The van der Waals surface area contributed by atoms with Gasteiger partial charge in [0.1, 0.15) is 5.56 Å². The van der Waals surface area contributed by atoms with Crippen molar-refractivity contribution in [2.45, 2.75) is 13.3 Å². The molecule has 2 aromatic rings. The van der Waals surface area contributed by atoms with E-state index in [-0.39, 0.29) is 35.5 Å². The maximum absolute atomic E-state index is 12.5. The SMILES string of the molecule is Cc1ccc(NC(=O)CCN2C(=O)c3cccc([N+](=O)[O-])c3C2=O)cc1[N+](=O)[O-]. The zero-order chi connectivity index (χ0) is 21.3. The van der Waals surface area contributed by atoms with Crippen molar-refractivity contribution >= 4 is 34.8 Å².